The first kappa shape index (κ1) is 18.6. The summed E-state index contributed by atoms with van der Waals surface area (Å²) in [5.74, 6) is -0.0232. The van der Waals surface area contributed by atoms with Crippen molar-refractivity contribution in [2.75, 3.05) is 13.2 Å². The largest absolute Gasteiger partial charge is 0.459 e. The summed E-state index contributed by atoms with van der Waals surface area (Å²) in [5, 5.41) is 2.75. The number of benzene rings is 1. The minimum absolute atomic E-state index is 0.0516. The number of ether oxygens (including phenoxy) is 1. The highest BCUT2D eigenvalue weighted by Gasteiger charge is 2.20. The molecule has 2 aromatic rings. The number of carbonyl (C=O) groups is 1. The Hall–Kier alpha value is -2.16. The van der Waals surface area contributed by atoms with Crippen LogP contribution in [0.15, 0.2) is 45.9 Å². The van der Waals surface area contributed by atoms with Gasteiger partial charge in [-0.25, -0.2) is 13.1 Å². The zero-order valence-corrected chi connectivity index (χ0v) is 15.3. The summed E-state index contributed by atoms with van der Waals surface area (Å²) in [7, 11) is -3.57. The summed E-state index contributed by atoms with van der Waals surface area (Å²) in [5.41, 5.74) is 1.56. The predicted octanol–water partition coefficient (Wildman–Crippen LogP) is 1.98. The number of nitrogens with one attached hydrogen (secondary N) is 2. The molecule has 2 heterocycles. The van der Waals surface area contributed by atoms with Gasteiger partial charge in [0, 0.05) is 25.3 Å². The van der Waals surface area contributed by atoms with E-state index in [0.29, 0.717) is 6.61 Å². The zero-order chi connectivity index (χ0) is 18.6. The van der Waals surface area contributed by atoms with Crippen molar-refractivity contribution in [1.82, 2.24) is 10.0 Å². The second kappa shape index (κ2) is 8.03. The molecule has 0 saturated carbocycles. The van der Waals surface area contributed by atoms with E-state index in [1.54, 1.807) is 25.1 Å². The van der Waals surface area contributed by atoms with Crippen molar-refractivity contribution >= 4 is 15.9 Å². The van der Waals surface area contributed by atoms with Gasteiger partial charge in [0.05, 0.1) is 17.3 Å². The molecule has 140 valence electrons. The van der Waals surface area contributed by atoms with Gasteiger partial charge in [-0.2, -0.15) is 0 Å². The maximum absolute atomic E-state index is 12.3. The number of carbonyl (C=O) groups excluding carboxylic acids is 1. The van der Waals surface area contributed by atoms with Gasteiger partial charge in [-0.3, -0.25) is 4.79 Å². The van der Waals surface area contributed by atoms with Crippen molar-refractivity contribution in [1.29, 1.82) is 0 Å². The predicted molar refractivity (Wildman–Crippen MR) is 95.2 cm³/mol. The number of rotatable bonds is 7. The zero-order valence-electron chi connectivity index (χ0n) is 14.5. The number of furan rings is 1. The molecule has 1 amide bonds. The highest BCUT2D eigenvalue weighted by Crippen LogP contribution is 2.14. The Morgan fingerprint density at radius 2 is 2.00 bits per heavy atom. The van der Waals surface area contributed by atoms with Gasteiger partial charge in [0.15, 0.2) is 5.76 Å². The van der Waals surface area contributed by atoms with E-state index in [1.807, 2.05) is 0 Å². The summed E-state index contributed by atoms with van der Waals surface area (Å²) in [4.78, 5) is 12.2. The van der Waals surface area contributed by atoms with Gasteiger partial charge < -0.3 is 14.5 Å². The van der Waals surface area contributed by atoms with Crippen molar-refractivity contribution < 1.29 is 22.4 Å². The molecular weight excluding hydrogens is 356 g/mol. The standard InChI is InChI=1S/C18H22N2O5S/c1-13-8-10-25-17(13)18(21)19-11-14-4-6-16(7-5-14)26(22,23)20-12-15-3-2-9-24-15/h4-8,10,15,20H,2-3,9,11-12H2,1H3,(H,19,21). The Kier molecular flexibility index (Phi) is 5.75. The van der Waals surface area contributed by atoms with Crippen LogP contribution in [0.1, 0.15) is 34.5 Å². The van der Waals surface area contributed by atoms with Gasteiger partial charge in [-0.15, -0.1) is 0 Å². The van der Waals surface area contributed by atoms with Crippen LogP contribution in [-0.2, 0) is 21.3 Å². The molecule has 1 atom stereocenters. The molecule has 0 radical (unpaired) electrons. The molecule has 2 N–H and O–H groups in total. The third kappa shape index (κ3) is 4.51. The summed E-state index contributed by atoms with van der Waals surface area (Å²) in [6, 6.07) is 8.12. The fourth-order valence-electron chi connectivity index (χ4n) is 2.75. The van der Waals surface area contributed by atoms with Gasteiger partial charge in [0.25, 0.3) is 5.91 Å². The Labute approximate surface area is 152 Å². The Balaban J connectivity index is 1.55. The quantitative estimate of drug-likeness (QED) is 0.768. The topological polar surface area (TPSA) is 97.6 Å². The lowest BCUT2D eigenvalue weighted by Crippen LogP contribution is -2.31. The summed E-state index contributed by atoms with van der Waals surface area (Å²) in [6.07, 6.45) is 3.25. The van der Waals surface area contributed by atoms with Crippen molar-refractivity contribution in [2.45, 2.75) is 37.3 Å². The van der Waals surface area contributed by atoms with Crippen LogP contribution in [0, 0.1) is 6.92 Å². The first-order valence-corrected chi connectivity index (χ1v) is 9.96. The molecule has 1 fully saturated rings. The smallest absolute Gasteiger partial charge is 0.287 e. The van der Waals surface area contributed by atoms with E-state index in [1.165, 1.54) is 18.4 Å². The summed E-state index contributed by atoms with van der Waals surface area (Å²) in [6.45, 7) is 3.04. The van der Waals surface area contributed by atoms with Crippen molar-refractivity contribution in [3.05, 3.63) is 53.5 Å². The number of aryl methyl sites for hydroxylation is 1. The molecule has 8 heteroatoms. The Morgan fingerprint density at radius 3 is 2.62 bits per heavy atom. The van der Waals surface area contributed by atoms with Gasteiger partial charge in [0.2, 0.25) is 10.0 Å². The molecule has 0 spiro atoms. The van der Waals surface area contributed by atoms with Gasteiger partial charge in [-0.05, 0) is 43.5 Å². The molecule has 0 aliphatic carbocycles. The van der Waals surface area contributed by atoms with E-state index in [4.69, 9.17) is 9.15 Å². The van der Waals surface area contributed by atoms with E-state index in [2.05, 4.69) is 10.0 Å². The van der Waals surface area contributed by atoms with Gasteiger partial charge in [-0.1, -0.05) is 12.1 Å². The van der Waals surface area contributed by atoms with Gasteiger partial charge >= 0.3 is 0 Å². The third-order valence-corrected chi connectivity index (χ3v) is 5.72. The number of sulfonamides is 1. The summed E-state index contributed by atoms with van der Waals surface area (Å²) >= 11 is 0. The molecule has 0 bridgehead atoms. The fourth-order valence-corrected chi connectivity index (χ4v) is 3.81. The highest BCUT2D eigenvalue weighted by atomic mass is 32.2. The lowest BCUT2D eigenvalue weighted by atomic mass is 10.2. The molecule has 1 aromatic carbocycles. The van der Waals surface area contributed by atoms with E-state index < -0.39 is 10.0 Å². The third-order valence-electron chi connectivity index (χ3n) is 4.28. The van der Waals surface area contributed by atoms with Crippen LogP contribution in [-0.4, -0.2) is 33.6 Å². The van der Waals surface area contributed by atoms with Crippen LogP contribution in [0.2, 0.25) is 0 Å². The van der Waals surface area contributed by atoms with Crippen LogP contribution >= 0.6 is 0 Å². The van der Waals surface area contributed by atoms with E-state index in [0.717, 1.165) is 24.0 Å². The Morgan fingerprint density at radius 1 is 1.23 bits per heavy atom. The molecule has 7 nitrogen and oxygen atoms in total. The average Bonchev–Trinajstić information content (AvgIpc) is 3.30. The molecule has 1 aliphatic rings. The van der Waals surface area contributed by atoms with E-state index in [9.17, 15) is 13.2 Å². The second-order valence-corrected chi connectivity index (χ2v) is 8.01. The SMILES string of the molecule is Cc1ccoc1C(=O)NCc1ccc(S(=O)(=O)NCC2CCCO2)cc1. The molecule has 26 heavy (non-hydrogen) atoms. The van der Waals surface area contributed by atoms with Crippen molar-refractivity contribution in [3.8, 4) is 0 Å². The monoisotopic (exact) mass is 378 g/mol. The molecule has 1 unspecified atom stereocenters. The lowest BCUT2D eigenvalue weighted by Gasteiger charge is -2.12. The molecule has 3 rings (SSSR count). The molecule has 1 saturated heterocycles. The maximum atomic E-state index is 12.3. The minimum Gasteiger partial charge on any atom is -0.459 e. The van der Waals surface area contributed by atoms with Crippen LogP contribution in [0.25, 0.3) is 0 Å². The fraction of sp³-hybridized carbons (Fsp3) is 0.389. The van der Waals surface area contributed by atoms with Crippen molar-refractivity contribution in [3.63, 3.8) is 0 Å². The number of hydrogen-bond acceptors (Lipinski definition) is 5. The molecule has 1 aliphatic heterocycles. The Bertz CT molecular complexity index is 852. The highest BCUT2D eigenvalue weighted by molar-refractivity contribution is 7.89. The average molecular weight is 378 g/mol. The van der Waals surface area contributed by atoms with Gasteiger partial charge in [0.1, 0.15) is 0 Å². The van der Waals surface area contributed by atoms with Crippen LogP contribution in [0.5, 0.6) is 0 Å². The van der Waals surface area contributed by atoms with Crippen LogP contribution < -0.4 is 10.0 Å². The normalized spacial score (nSPS) is 17.3. The van der Waals surface area contributed by atoms with E-state index >= 15 is 0 Å². The number of hydrogen-bond donors (Lipinski definition) is 2. The molecular formula is C18H22N2O5S. The van der Waals surface area contributed by atoms with Crippen LogP contribution in [0.4, 0.5) is 0 Å². The molecule has 1 aromatic heterocycles. The first-order chi connectivity index (χ1) is 12.5. The minimum atomic E-state index is -3.57. The lowest BCUT2D eigenvalue weighted by molar-refractivity contribution is 0.0922. The van der Waals surface area contributed by atoms with Crippen LogP contribution in [0.3, 0.4) is 0 Å². The van der Waals surface area contributed by atoms with E-state index in [-0.39, 0.29) is 35.8 Å². The maximum Gasteiger partial charge on any atom is 0.287 e. The summed E-state index contributed by atoms with van der Waals surface area (Å²) < 4.78 is 37.8. The van der Waals surface area contributed by atoms with Crippen molar-refractivity contribution in [2.24, 2.45) is 0 Å². The number of amides is 1. The second-order valence-electron chi connectivity index (χ2n) is 6.25. The first-order valence-electron chi connectivity index (χ1n) is 8.48.